The molecular formula is C17H14S. The topological polar surface area (TPSA) is 0 Å². The second-order valence-electron chi connectivity index (χ2n) is 4.45. The van der Waals surface area contributed by atoms with E-state index in [9.17, 15) is 0 Å². The van der Waals surface area contributed by atoms with E-state index in [1.54, 1.807) is 0 Å². The van der Waals surface area contributed by atoms with Crippen molar-refractivity contribution in [2.45, 2.75) is 11.3 Å². The molecule has 1 aliphatic rings. The van der Waals surface area contributed by atoms with Gasteiger partial charge in [-0.3, -0.25) is 0 Å². The summed E-state index contributed by atoms with van der Waals surface area (Å²) in [6.07, 6.45) is 7.54. The van der Waals surface area contributed by atoms with Crippen LogP contribution in [0.25, 0.3) is 16.7 Å². The zero-order chi connectivity index (χ0) is 12.4. The molecule has 0 atom stereocenters. The van der Waals surface area contributed by atoms with E-state index >= 15 is 0 Å². The van der Waals surface area contributed by atoms with Crippen molar-refractivity contribution in [2.75, 3.05) is 0 Å². The Balaban J connectivity index is 1.89. The van der Waals surface area contributed by atoms with Crippen LogP contribution in [0, 0.1) is 0 Å². The number of benzene rings is 2. The first-order valence-corrected chi connectivity index (χ1v) is 6.53. The molecule has 1 aliphatic carbocycles. The maximum Gasteiger partial charge on any atom is 0.00404 e. The summed E-state index contributed by atoms with van der Waals surface area (Å²) in [5.41, 5.74) is 5.19. The largest absolute Gasteiger partial charge is 0.143 e. The van der Waals surface area contributed by atoms with Crippen LogP contribution in [0.2, 0.25) is 0 Å². The second-order valence-corrected chi connectivity index (χ2v) is 4.96. The molecule has 0 heterocycles. The first kappa shape index (κ1) is 11.4. The molecular weight excluding hydrogens is 236 g/mol. The van der Waals surface area contributed by atoms with Gasteiger partial charge in [0.25, 0.3) is 0 Å². The second kappa shape index (κ2) is 4.87. The predicted molar refractivity (Wildman–Crippen MR) is 80.9 cm³/mol. The molecule has 3 rings (SSSR count). The van der Waals surface area contributed by atoms with E-state index < -0.39 is 0 Å². The van der Waals surface area contributed by atoms with Crippen molar-refractivity contribution in [3.63, 3.8) is 0 Å². The highest BCUT2D eigenvalue weighted by Crippen LogP contribution is 2.26. The van der Waals surface area contributed by atoms with Crippen LogP contribution >= 0.6 is 12.6 Å². The van der Waals surface area contributed by atoms with E-state index in [2.05, 4.69) is 67.3 Å². The molecule has 0 amide bonds. The van der Waals surface area contributed by atoms with E-state index in [0.717, 1.165) is 11.3 Å². The van der Waals surface area contributed by atoms with Crippen LogP contribution in [-0.2, 0) is 0 Å². The zero-order valence-electron chi connectivity index (χ0n) is 10.0. The Morgan fingerprint density at radius 1 is 0.722 bits per heavy atom. The Bertz CT molecular complexity index is 601. The summed E-state index contributed by atoms with van der Waals surface area (Å²) in [4.78, 5) is 0.998. The lowest BCUT2D eigenvalue weighted by Crippen LogP contribution is -1.82. The van der Waals surface area contributed by atoms with Crippen LogP contribution in [0.1, 0.15) is 12.0 Å². The van der Waals surface area contributed by atoms with Gasteiger partial charge < -0.3 is 0 Å². The lowest BCUT2D eigenvalue weighted by molar-refractivity contribution is 1.42. The summed E-state index contributed by atoms with van der Waals surface area (Å²) in [5, 5.41) is 0. The Morgan fingerprint density at radius 3 is 1.83 bits per heavy atom. The molecule has 0 saturated carbocycles. The molecule has 18 heavy (non-hydrogen) atoms. The summed E-state index contributed by atoms with van der Waals surface area (Å²) >= 11 is 4.31. The lowest BCUT2D eigenvalue weighted by Gasteiger charge is -2.05. The third kappa shape index (κ3) is 2.27. The van der Waals surface area contributed by atoms with Gasteiger partial charge in [-0.2, -0.15) is 0 Å². The fraction of sp³-hybridized carbons (Fsp3) is 0.0588. The van der Waals surface area contributed by atoms with Crippen molar-refractivity contribution in [3.05, 3.63) is 72.3 Å². The summed E-state index contributed by atoms with van der Waals surface area (Å²) in [6, 6.07) is 17.0. The van der Waals surface area contributed by atoms with Gasteiger partial charge in [-0.15, -0.1) is 12.6 Å². The van der Waals surface area contributed by atoms with Crippen LogP contribution in [0.15, 0.2) is 71.7 Å². The van der Waals surface area contributed by atoms with Gasteiger partial charge in [-0.1, -0.05) is 54.6 Å². The maximum absolute atomic E-state index is 4.31. The highest BCUT2D eigenvalue weighted by molar-refractivity contribution is 7.80. The fourth-order valence-corrected chi connectivity index (χ4v) is 2.34. The van der Waals surface area contributed by atoms with Gasteiger partial charge in [-0.25, -0.2) is 0 Å². The third-order valence-corrected chi connectivity index (χ3v) is 3.53. The van der Waals surface area contributed by atoms with Crippen molar-refractivity contribution in [1.29, 1.82) is 0 Å². The smallest absolute Gasteiger partial charge is 0.00404 e. The van der Waals surface area contributed by atoms with Gasteiger partial charge in [0.2, 0.25) is 0 Å². The van der Waals surface area contributed by atoms with Gasteiger partial charge in [0.15, 0.2) is 0 Å². The van der Waals surface area contributed by atoms with Crippen molar-refractivity contribution >= 4 is 18.2 Å². The normalized spacial score (nSPS) is 13.7. The first-order valence-electron chi connectivity index (χ1n) is 6.08. The van der Waals surface area contributed by atoms with Crippen molar-refractivity contribution in [2.24, 2.45) is 0 Å². The molecule has 0 nitrogen and oxygen atoms in total. The fourth-order valence-electron chi connectivity index (χ4n) is 2.19. The average molecular weight is 250 g/mol. The monoisotopic (exact) mass is 250 g/mol. The van der Waals surface area contributed by atoms with E-state index in [4.69, 9.17) is 0 Å². The van der Waals surface area contributed by atoms with Gasteiger partial charge in [0.1, 0.15) is 0 Å². The van der Waals surface area contributed by atoms with Crippen molar-refractivity contribution in [3.8, 4) is 11.1 Å². The Morgan fingerprint density at radius 2 is 1.28 bits per heavy atom. The van der Waals surface area contributed by atoms with Crippen LogP contribution in [0.5, 0.6) is 0 Å². The number of rotatable bonds is 2. The molecule has 0 spiro atoms. The molecule has 0 unspecified atom stereocenters. The molecule has 0 bridgehead atoms. The molecule has 0 aromatic heterocycles. The molecule has 1 heteroatoms. The Kier molecular flexibility index (Phi) is 3.07. The van der Waals surface area contributed by atoms with Gasteiger partial charge >= 0.3 is 0 Å². The third-order valence-electron chi connectivity index (χ3n) is 3.23. The number of allylic oxidation sites excluding steroid dienone is 4. The predicted octanol–water partition coefficient (Wildman–Crippen LogP) is 4.99. The molecule has 0 fully saturated rings. The van der Waals surface area contributed by atoms with E-state index in [-0.39, 0.29) is 0 Å². The maximum atomic E-state index is 4.31. The van der Waals surface area contributed by atoms with Crippen molar-refractivity contribution < 1.29 is 0 Å². The minimum Gasteiger partial charge on any atom is -0.143 e. The molecule has 2 aromatic rings. The van der Waals surface area contributed by atoms with E-state index in [1.165, 1.54) is 22.3 Å². The zero-order valence-corrected chi connectivity index (χ0v) is 10.9. The van der Waals surface area contributed by atoms with E-state index in [0.29, 0.717) is 0 Å². The highest BCUT2D eigenvalue weighted by Gasteiger charge is 2.03. The van der Waals surface area contributed by atoms with Gasteiger partial charge in [0, 0.05) is 4.90 Å². The number of thiol groups is 1. The highest BCUT2D eigenvalue weighted by atomic mass is 32.1. The molecule has 2 aromatic carbocycles. The molecule has 0 saturated heterocycles. The SMILES string of the molecule is Sc1ccc(-c2ccc(C3=CC=CC3)cc2)cc1. The minimum absolute atomic E-state index is 0.998. The standard InChI is InChI=1S/C17H14S/c18-17-11-9-16(10-12-17)15-7-5-14(6-8-15)13-3-1-2-4-13/h1-3,5-12,18H,4H2. The quantitative estimate of drug-likeness (QED) is 0.713. The van der Waals surface area contributed by atoms with Gasteiger partial charge in [0.05, 0.1) is 0 Å². The van der Waals surface area contributed by atoms with E-state index in [1.807, 2.05) is 12.1 Å². The van der Waals surface area contributed by atoms with Crippen LogP contribution < -0.4 is 0 Å². The lowest BCUT2D eigenvalue weighted by atomic mass is 10.00. The number of hydrogen-bond acceptors (Lipinski definition) is 1. The van der Waals surface area contributed by atoms with Crippen LogP contribution in [0.4, 0.5) is 0 Å². The summed E-state index contributed by atoms with van der Waals surface area (Å²) < 4.78 is 0. The number of hydrogen-bond donors (Lipinski definition) is 1. The van der Waals surface area contributed by atoms with Crippen LogP contribution in [0.3, 0.4) is 0 Å². The average Bonchev–Trinajstić information content (AvgIpc) is 2.94. The minimum atomic E-state index is 0.998. The molecule has 88 valence electrons. The molecule has 0 aliphatic heterocycles. The summed E-state index contributed by atoms with van der Waals surface area (Å²) in [7, 11) is 0. The first-order chi connectivity index (χ1) is 8.83. The Labute approximate surface area is 113 Å². The van der Waals surface area contributed by atoms with Crippen molar-refractivity contribution in [1.82, 2.24) is 0 Å². The molecule has 0 N–H and O–H groups in total. The van der Waals surface area contributed by atoms with Crippen LogP contribution in [-0.4, -0.2) is 0 Å². The summed E-state index contributed by atoms with van der Waals surface area (Å²) in [6.45, 7) is 0. The molecule has 0 radical (unpaired) electrons. The summed E-state index contributed by atoms with van der Waals surface area (Å²) in [5.74, 6) is 0. The van der Waals surface area contributed by atoms with Gasteiger partial charge in [-0.05, 0) is 40.8 Å². The Hall–Kier alpha value is -1.73.